The predicted octanol–water partition coefficient (Wildman–Crippen LogP) is 3.74. The molecule has 0 amide bonds. The molecule has 0 bridgehead atoms. The number of ether oxygens (including phenoxy) is 2. The Balaban J connectivity index is 1.81. The molecule has 2 aromatic carbocycles. The average molecular weight is 323 g/mol. The van der Waals surface area contributed by atoms with Crippen molar-refractivity contribution in [1.29, 1.82) is 0 Å². The lowest BCUT2D eigenvalue weighted by molar-refractivity contribution is 0.110. The normalized spacial score (nSPS) is 10.7. The highest BCUT2D eigenvalue weighted by Crippen LogP contribution is 2.31. The zero-order valence-electron chi connectivity index (χ0n) is 13.7. The summed E-state index contributed by atoms with van der Waals surface area (Å²) < 4.78 is 11.2. The number of nitrogens with one attached hydrogen (secondary N) is 1. The lowest BCUT2D eigenvalue weighted by Gasteiger charge is -2.10. The van der Waals surface area contributed by atoms with E-state index in [-0.39, 0.29) is 0 Å². The maximum absolute atomic E-state index is 5.84. The van der Waals surface area contributed by atoms with Crippen LogP contribution in [0.4, 0.5) is 5.69 Å². The van der Waals surface area contributed by atoms with Crippen LogP contribution in [-0.4, -0.2) is 30.0 Å². The van der Waals surface area contributed by atoms with Crippen LogP contribution in [0, 0.1) is 0 Å². The van der Waals surface area contributed by atoms with Crippen molar-refractivity contribution in [3.05, 3.63) is 54.6 Å². The van der Waals surface area contributed by atoms with E-state index in [1.54, 1.807) is 0 Å². The van der Waals surface area contributed by atoms with Gasteiger partial charge in [0, 0.05) is 23.4 Å². The van der Waals surface area contributed by atoms with Crippen LogP contribution in [0.3, 0.4) is 0 Å². The third kappa shape index (κ3) is 3.75. The Morgan fingerprint density at radius 2 is 1.83 bits per heavy atom. The molecule has 5 heteroatoms. The van der Waals surface area contributed by atoms with E-state index in [2.05, 4.69) is 10.2 Å². The summed E-state index contributed by atoms with van der Waals surface area (Å²) in [5.41, 5.74) is 10.2. The lowest BCUT2D eigenvalue weighted by Crippen LogP contribution is -2.06. The maximum atomic E-state index is 5.84. The van der Waals surface area contributed by atoms with E-state index >= 15 is 0 Å². The van der Waals surface area contributed by atoms with Gasteiger partial charge in [-0.25, -0.2) is 0 Å². The third-order valence-corrected chi connectivity index (χ3v) is 3.65. The van der Waals surface area contributed by atoms with Gasteiger partial charge in [0.2, 0.25) is 0 Å². The highest BCUT2D eigenvalue weighted by molar-refractivity contribution is 5.72. The summed E-state index contributed by atoms with van der Waals surface area (Å²) in [5.74, 6) is 0.810. The number of hydrogen-bond acceptors (Lipinski definition) is 4. The van der Waals surface area contributed by atoms with Gasteiger partial charge in [-0.05, 0) is 37.3 Å². The Bertz CT molecular complexity index is 781. The molecule has 0 atom stereocenters. The molecule has 3 rings (SSSR count). The largest absolute Gasteiger partial charge is 0.490 e. The summed E-state index contributed by atoms with van der Waals surface area (Å²) >= 11 is 0. The minimum absolute atomic E-state index is 0.518. The van der Waals surface area contributed by atoms with E-state index in [4.69, 9.17) is 15.2 Å². The van der Waals surface area contributed by atoms with Gasteiger partial charge in [-0.2, -0.15) is 5.10 Å². The van der Waals surface area contributed by atoms with Gasteiger partial charge in [-0.15, -0.1) is 0 Å². The summed E-state index contributed by atoms with van der Waals surface area (Å²) in [6, 6.07) is 17.6. The van der Waals surface area contributed by atoms with Crippen LogP contribution in [0.25, 0.3) is 22.5 Å². The van der Waals surface area contributed by atoms with Crippen molar-refractivity contribution >= 4 is 5.69 Å². The Kier molecular flexibility index (Phi) is 5.13. The van der Waals surface area contributed by atoms with Crippen LogP contribution in [0.2, 0.25) is 0 Å². The number of nitrogen functional groups attached to an aromatic ring is 1. The molecule has 3 N–H and O–H groups in total. The number of H-pyrrole nitrogens is 1. The summed E-state index contributed by atoms with van der Waals surface area (Å²) in [6.07, 6.45) is 0. The second-order valence-electron chi connectivity index (χ2n) is 5.33. The Morgan fingerprint density at radius 1 is 1.04 bits per heavy atom. The van der Waals surface area contributed by atoms with Gasteiger partial charge in [0.1, 0.15) is 12.4 Å². The molecule has 3 aromatic rings. The van der Waals surface area contributed by atoms with Crippen molar-refractivity contribution in [1.82, 2.24) is 10.2 Å². The second kappa shape index (κ2) is 7.66. The fourth-order valence-electron chi connectivity index (χ4n) is 2.43. The van der Waals surface area contributed by atoms with Crippen LogP contribution in [0.1, 0.15) is 6.92 Å². The van der Waals surface area contributed by atoms with Crippen LogP contribution >= 0.6 is 0 Å². The molecule has 0 aliphatic rings. The van der Waals surface area contributed by atoms with E-state index in [0.29, 0.717) is 19.8 Å². The number of para-hydroxylation sites is 1. The van der Waals surface area contributed by atoms with Gasteiger partial charge >= 0.3 is 0 Å². The van der Waals surface area contributed by atoms with E-state index in [1.807, 2.05) is 61.5 Å². The first-order chi connectivity index (χ1) is 11.8. The predicted molar refractivity (Wildman–Crippen MR) is 95.9 cm³/mol. The molecule has 0 fully saturated rings. The van der Waals surface area contributed by atoms with Gasteiger partial charge in [0.15, 0.2) is 0 Å². The molecule has 0 radical (unpaired) electrons. The smallest absolute Gasteiger partial charge is 0.128 e. The molecule has 24 heavy (non-hydrogen) atoms. The summed E-state index contributed by atoms with van der Waals surface area (Å²) in [6.45, 7) is 3.75. The number of aromatic nitrogens is 2. The molecular formula is C19H21N3O2. The minimum Gasteiger partial charge on any atom is -0.490 e. The van der Waals surface area contributed by atoms with Gasteiger partial charge in [0.05, 0.1) is 18.0 Å². The molecule has 124 valence electrons. The molecule has 1 aromatic heterocycles. The van der Waals surface area contributed by atoms with Crippen LogP contribution in [-0.2, 0) is 4.74 Å². The molecule has 0 aliphatic carbocycles. The molecule has 0 saturated heterocycles. The summed E-state index contributed by atoms with van der Waals surface area (Å²) in [5, 5.41) is 7.48. The standard InChI is InChI=1S/C19H21N3O2/c1-2-23-11-12-24-19-6-4-3-5-16(19)18-13-17(21-22-18)14-7-9-15(20)10-8-14/h3-10,13H,2,11-12,20H2,1H3,(H,21,22). The molecule has 5 nitrogen and oxygen atoms in total. The number of aromatic amines is 1. The Morgan fingerprint density at radius 3 is 2.62 bits per heavy atom. The van der Waals surface area contributed by atoms with Crippen molar-refractivity contribution < 1.29 is 9.47 Å². The average Bonchev–Trinajstić information content (AvgIpc) is 3.10. The monoisotopic (exact) mass is 323 g/mol. The molecule has 0 aliphatic heterocycles. The highest BCUT2D eigenvalue weighted by atomic mass is 16.5. The third-order valence-electron chi connectivity index (χ3n) is 3.65. The van der Waals surface area contributed by atoms with E-state index in [9.17, 15) is 0 Å². The first kappa shape index (κ1) is 16.1. The number of rotatable bonds is 7. The van der Waals surface area contributed by atoms with Crippen LogP contribution < -0.4 is 10.5 Å². The summed E-state index contributed by atoms with van der Waals surface area (Å²) in [4.78, 5) is 0. The van der Waals surface area contributed by atoms with Gasteiger partial charge < -0.3 is 15.2 Å². The maximum Gasteiger partial charge on any atom is 0.128 e. The van der Waals surface area contributed by atoms with E-state index < -0.39 is 0 Å². The van der Waals surface area contributed by atoms with Crippen molar-refractivity contribution in [3.63, 3.8) is 0 Å². The fourth-order valence-corrected chi connectivity index (χ4v) is 2.43. The Labute approximate surface area is 141 Å². The number of anilines is 1. The number of benzene rings is 2. The van der Waals surface area contributed by atoms with Gasteiger partial charge in [-0.1, -0.05) is 24.3 Å². The summed E-state index contributed by atoms with van der Waals surface area (Å²) in [7, 11) is 0. The van der Waals surface area contributed by atoms with Gasteiger partial charge in [-0.3, -0.25) is 5.10 Å². The van der Waals surface area contributed by atoms with Crippen molar-refractivity contribution in [2.75, 3.05) is 25.6 Å². The van der Waals surface area contributed by atoms with E-state index in [1.165, 1.54) is 0 Å². The number of nitrogens with zero attached hydrogens (tertiary/aromatic N) is 1. The highest BCUT2D eigenvalue weighted by Gasteiger charge is 2.10. The van der Waals surface area contributed by atoms with Crippen molar-refractivity contribution in [3.8, 4) is 28.3 Å². The molecule has 1 heterocycles. The zero-order valence-corrected chi connectivity index (χ0v) is 13.7. The Hall–Kier alpha value is -2.79. The molecular weight excluding hydrogens is 302 g/mol. The van der Waals surface area contributed by atoms with Crippen LogP contribution in [0.5, 0.6) is 5.75 Å². The quantitative estimate of drug-likeness (QED) is 0.513. The van der Waals surface area contributed by atoms with Gasteiger partial charge in [0.25, 0.3) is 0 Å². The molecule has 0 saturated carbocycles. The first-order valence-corrected chi connectivity index (χ1v) is 7.99. The zero-order chi connectivity index (χ0) is 16.8. The SMILES string of the molecule is CCOCCOc1ccccc1-c1cc(-c2ccc(N)cc2)n[nH]1. The first-order valence-electron chi connectivity index (χ1n) is 7.99. The molecule has 0 unspecified atom stereocenters. The van der Waals surface area contributed by atoms with Crippen molar-refractivity contribution in [2.24, 2.45) is 0 Å². The lowest BCUT2D eigenvalue weighted by atomic mass is 10.1. The minimum atomic E-state index is 0.518. The van der Waals surface area contributed by atoms with Crippen LogP contribution in [0.15, 0.2) is 54.6 Å². The van der Waals surface area contributed by atoms with Crippen molar-refractivity contribution in [2.45, 2.75) is 6.92 Å². The number of hydrogen-bond donors (Lipinski definition) is 2. The number of nitrogens with two attached hydrogens (primary N) is 1. The second-order valence-corrected chi connectivity index (χ2v) is 5.33. The topological polar surface area (TPSA) is 73.2 Å². The fraction of sp³-hybridized carbons (Fsp3) is 0.211. The van der Waals surface area contributed by atoms with E-state index in [0.717, 1.165) is 34.0 Å². The molecule has 0 spiro atoms.